The Hall–Kier alpha value is -2.35. The van der Waals surface area contributed by atoms with Crippen LogP contribution >= 0.6 is 0 Å². The lowest BCUT2D eigenvalue weighted by Gasteiger charge is -2.59. The summed E-state index contributed by atoms with van der Waals surface area (Å²) >= 11 is 0. The summed E-state index contributed by atoms with van der Waals surface area (Å²) in [7, 11) is 0. The molecule has 2 aromatic rings. The van der Waals surface area contributed by atoms with E-state index in [0.29, 0.717) is 18.3 Å². The van der Waals surface area contributed by atoms with Crippen LogP contribution in [0.3, 0.4) is 0 Å². The van der Waals surface area contributed by atoms with Crippen LogP contribution in [0.25, 0.3) is 10.9 Å². The van der Waals surface area contributed by atoms with Gasteiger partial charge < -0.3 is 4.90 Å². The zero-order valence-corrected chi connectivity index (χ0v) is 17.0. The van der Waals surface area contributed by atoms with Crippen LogP contribution in [0.15, 0.2) is 18.2 Å². The summed E-state index contributed by atoms with van der Waals surface area (Å²) < 4.78 is 0. The smallest absolute Gasteiger partial charge is 0.223 e. The molecule has 150 valence electrons. The summed E-state index contributed by atoms with van der Waals surface area (Å²) in [6, 6.07) is 9.58. The predicted molar refractivity (Wildman–Crippen MR) is 110 cm³/mol. The zero-order valence-electron chi connectivity index (χ0n) is 17.0. The van der Waals surface area contributed by atoms with Crippen molar-refractivity contribution in [3.8, 4) is 6.07 Å². The molecule has 3 unspecified atom stereocenters. The van der Waals surface area contributed by atoms with Gasteiger partial charge in [0.1, 0.15) is 0 Å². The van der Waals surface area contributed by atoms with Crippen LogP contribution < -0.4 is 0 Å². The molecule has 2 aliphatic heterocycles. The van der Waals surface area contributed by atoms with E-state index in [0.717, 1.165) is 43.3 Å². The number of aromatic amines is 1. The number of fused-ring (bicyclic) bond motifs is 1. The van der Waals surface area contributed by atoms with Gasteiger partial charge in [0, 0.05) is 35.5 Å². The number of benzene rings is 1. The average Bonchev–Trinajstić information content (AvgIpc) is 3.45. The van der Waals surface area contributed by atoms with E-state index >= 15 is 0 Å². The van der Waals surface area contributed by atoms with E-state index in [4.69, 9.17) is 0 Å². The normalized spacial score (nSPS) is 33.8. The Labute approximate surface area is 171 Å². The highest BCUT2D eigenvalue weighted by atomic mass is 16.2. The van der Waals surface area contributed by atoms with Gasteiger partial charge in [-0.15, -0.1) is 0 Å². The summed E-state index contributed by atoms with van der Waals surface area (Å²) in [5.41, 5.74) is 3.39. The fraction of sp³-hybridized carbons (Fsp3) is 0.625. The molecule has 0 radical (unpaired) electrons. The predicted octanol–water partition coefficient (Wildman–Crippen LogP) is 4.62. The summed E-state index contributed by atoms with van der Waals surface area (Å²) in [5, 5.41) is 18.8. The number of carbonyl (C=O) groups is 1. The van der Waals surface area contributed by atoms with Gasteiger partial charge in [0.2, 0.25) is 5.91 Å². The van der Waals surface area contributed by atoms with Crippen molar-refractivity contribution in [2.75, 3.05) is 0 Å². The van der Waals surface area contributed by atoms with E-state index in [1.165, 1.54) is 23.8 Å². The molecule has 3 aliphatic carbocycles. The molecule has 5 fully saturated rings. The van der Waals surface area contributed by atoms with Crippen molar-refractivity contribution in [1.29, 1.82) is 5.26 Å². The molecule has 3 heterocycles. The summed E-state index contributed by atoms with van der Waals surface area (Å²) in [6.07, 6.45) is 8.06. The van der Waals surface area contributed by atoms with E-state index in [2.05, 4.69) is 46.3 Å². The monoisotopic (exact) mass is 388 g/mol. The molecule has 3 saturated carbocycles. The van der Waals surface area contributed by atoms with Crippen molar-refractivity contribution < 1.29 is 4.79 Å². The van der Waals surface area contributed by atoms with Gasteiger partial charge in [0.15, 0.2) is 0 Å². The van der Waals surface area contributed by atoms with Crippen molar-refractivity contribution in [3.05, 3.63) is 29.5 Å². The zero-order chi connectivity index (χ0) is 19.8. The largest absolute Gasteiger partial charge is 0.337 e. The topological polar surface area (TPSA) is 72.8 Å². The van der Waals surface area contributed by atoms with Gasteiger partial charge in [0.05, 0.1) is 17.0 Å². The lowest BCUT2D eigenvalue weighted by Crippen LogP contribution is -2.63. The van der Waals surface area contributed by atoms with E-state index in [9.17, 15) is 10.1 Å². The second-order valence-electron chi connectivity index (χ2n) is 10.2. The molecule has 5 nitrogen and oxygen atoms in total. The summed E-state index contributed by atoms with van der Waals surface area (Å²) in [4.78, 5) is 15.6. The van der Waals surface area contributed by atoms with Gasteiger partial charge in [-0.1, -0.05) is 19.1 Å². The van der Waals surface area contributed by atoms with Crippen LogP contribution in [0.5, 0.6) is 0 Å². The van der Waals surface area contributed by atoms with Crippen LogP contribution in [0.4, 0.5) is 0 Å². The molecule has 1 N–H and O–H groups in total. The first-order valence-electron chi connectivity index (χ1n) is 11.3. The minimum Gasteiger partial charge on any atom is -0.337 e. The molecule has 1 amide bonds. The molecular formula is C24H28N4O. The van der Waals surface area contributed by atoms with Gasteiger partial charge in [0.25, 0.3) is 0 Å². The second-order valence-corrected chi connectivity index (χ2v) is 10.2. The molecule has 4 bridgehead atoms. The van der Waals surface area contributed by atoms with E-state index in [1.807, 2.05) is 0 Å². The maximum absolute atomic E-state index is 13.4. The molecule has 5 heteroatoms. The van der Waals surface area contributed by atoms with Crippen molar-refractivity contribution in [3.63, 3.8) is 0 Å². The Morgan fingerprint density at radius 1 is 1.31 bits per heavy atom. The fourth-order valence-corrected chi connectivity index (χ4v) is 6.85. The number of piperidine rings is 2. The van der Waals surface area contributed by atoms with Crippen molar-refractivity contribution in [1.82, 2.24) is 15.1 Å². The number of carbonyl (C=O) groups excluding carboxylic acids is 1. The van der Waals surface area contributed by atoms with Crippen molar-refractivity contribution in [2.24, 2.45) is 11.3 Å². The Morgan fingerprint density at radius 3 is 2.76 bits per heavy atom. The van der Waals surface area contributed by atoms with E-state index < -0.39 is 0 Å². The van der Waals surface area contributed by atoms with Gasteiger partial charge >= 0.3 is 0 Å². The standard InChI is InChI=1S/C24H28N4O/c1-14(23-22-19(16-5-6-16)3-2-4-20(22)26-27-23)7-21(29)28-17-8-15-9-18(28)12-24(10-15,11-17)13-25/h2-4,14-18H,5-12H2,1H3,(H,26,27). The molecule has 5 aliphatic rings. The molecule has 7 rings (SSSR count). The number of hydrogen-bond acceptors (Lipinski definition) is 3. The number of rotatable bonds is 4. The lowest BCUT2D eigenvalue weighted by molar-refractivity contribution is -0.153. The second kappa shape index (κ2) is 6.08. The molecule has 1 aromatic carbocycles. The van der Waals surface area contributed by atoms with Crippen LogP contribution in [-0.4, -0.2) is 33.1 Å². The first-order chi connectivity index (χ1) is 14.1. The Morgan fingerprint density at radius 2 is 2.07 bits per heavy atom. The highest BCUT2D eigenvalue weighted by Gasteiger charge is 2.56. The quantitative estimate of drug-likeness (QED) is 0.831. The average molecular weight is 389 g/mol. The Kier molecular flexibility index (Phi) is 3.67. The molecule has 2 saturated heterocycles. The highest BCUT2D eigenvalue weighted by Crippen LogP contribution is 2.56. The first-order valence-corrected chi connectivity index (χ1v) is 11.3. The van der Waals surface area contributed by atoms with Gasteiger partial charge in [-0.3, -0.25) is 9.89 Å². The maximum Gasteiger partial charge on any atom is 0.223 e. The molecule has 1 aromatic heterocycles. The third-order valence-corrected chi connectivity index (χ3v) is 8.09. The van der Waals surface area contributed by atoms with Gasteiger partial charge in [-0.2, -0.15) is 10.4 Å². The minimum atomic E-state index is -0.155. The van der Waals surface area contributed by atoms with E-state index in [1.54, 1.807) is 0 Å². The SMILES string of the molecule is CC(CC(=O)N1C2CC3CC1CC(C#N)(C3)C2)c1[nH]nc2cccc(C3CC3)c12. The van der Waals surface area contributed by atoms with Crippen molar-refractivity contribution >= 4 is 16.8 Å². The molecule has 3 atom stereocenters. The highest BCUT2D eigenvalue weighted by molar-refractivity contribution is 5.87. The third-order valence-electron chi connectivity index (χ3n) is 8.09. The van der Waals surface area contributed by atoms with Crippen LogP contribution in [0, 0.1) is 22.7 Å². The number of nitrogens with one attached hydrogen (secondary N) is 1. The number of aromatic nitrogens is 2. The fourth-order valence-electron chi connectivity index (χ4n) is 6.85. The first kappa shape index (κ1) is 17.5. The Balaban J connectivity index is 1.25. The van der Waals surface area contributed by atoms with E-state index in [-0.39, 0.29) is 29.3 Å². The lowest BCUT2D eigenvalue weighted by atomic mass is 9.56. The number of amides is 1. The summed E-state index contributed by atoms with van der Waals surface area (Å²) in [6.45, 7) is 2.16. The van der Waals surface area contributed by atoms with Gasteiger partial charge in [-0.25, -0.2) is 0 Å². The van der Waals surface area contributed by atoms with Crippen LogP contribution in [0.1, 0.15) is 81.4 Å². The molecular weight excluding hydrogens is 360 g/mol. The number of hydrogen-bond donors (Lipinski definition) is 1. The van der Waals surface area contributed by atoms with Crippen LogP contribution in [0.2, 0.25) is 0 Å². The van der Waals surface area contributed by atoms with Crippen molar-refractivity contribution in [2.45, 2.75) is 82.2 Å². The molecule has 29 heavy (non-hydrogen) atoms. The Bertz CT molecular complexity index is 1010. The number of H-pyrrole nitrogens is 1. The van der Waals surface area contributed by atoms with Gasteiger partial charge in [-0.05, 0) is 68.4 Å². The minimum absolute atomic E-state index is 0.120. The third kappa shape index (κ3) is 2.64. The number of nitrogens with zero attached hydrogens (tertiary/aromatic N) is 3. The summed E-state index contributed by atoms with van der Waals surface area (Å²) in [5.74, 6) is 1.69. The number of nitriles is 1. The maximum atomic E-state index is 13.4. The molecule has 0 spiro atoms. The van der Waals surface area contributed by atoms with Crippen LogP contribution in [-0.2, 0) is 4.79 Å².